The molecule has 11 heteroatoms. The van der Waals surface area contributed by atoms with E-state index in [4.69, 9.17) is 16.1 Å². The van der Waals surface area contributed by atoms with E-state index in [2.05, 4.69) is 9.88 Å². The summed E-state index contributed by atoms with van der Waals surface area (Å²) in [5.74, 6) is -1.34. The maximum absolute atomic E-state index is 12.7. The maximum atomic E-state index is 12.7. The van der Waals surface area contributed by atoms with E-state index in [0.29, 0.717) is 16.8 Å². The van der Waals surface area contributed by atoms with Crippen molar-refractivity contribution < 1.29 is 27.9 Å². The Balaban J connectivity index is 1.90. The Labute approximate surface area is 169 Å². The molecule has 3 N–H and O–H groups in total. The van der Waals surface area contributed by atoms with E-state index in [1.165, 1.54) is 23.6 Å². The molecule has 0 atom stereocenters. The molecule has 2 heterocycles. The lowest BCUT2D eigenvalue weighted by molar-refractivity contribution is 0.0993. The number of nitrogens with one attached hydrogen (secondary N) is 1. The predicted octanol–water partition coefficient (Wildman–Crippen LogP) is 3.64. The number of sulfonamides is 1. The highest BCUT2D eigenvalue weighted by Gasteiger charge is 2.27. The monoisotopic (exact) mass is 442 g/mol. The second-order valence-electron chi connectivity index (χ2n) is 6.00. The average Bonchev–Trinajstić information content (AvgIpc) is 3.23. The van der Waals surface area contributed by atoms with Gasteiger partial charge in [0.15, 0.2) is 17.3 Å². The number of Topliss-reactive ketones (excluding diaryl/α,β-unsaturated/α-hetero) is 1. The highest BCUT2D eigenvalue weighted by Crippen LogP contribution is 2.32. The molecule has 3 rings (SSSR count). The first kappa shape index (κ1) is 20.2. The van der Waals surface area contributed by atoms with E-state index in [-0.39, 0.29) is 38.6 Å². The molecule has 0 bridgehead atoms. The molecule has 148 valence electrons. The van der Waals surface area contributed by atoms with Crippen molar-refractivity contribution in [2.24, 2.45) is 0 Å². The van der Waals surface area contributed by atoms with Crippen molar-refractivity contribution >= 4 is 44.6 Å². The first-order valence-corrected chi connectivity index (χ1v) is 10.6. The fourth-order valence-electron chi connectivity index (χ4n) is 2.48. The van der Waals surface area contributed by atoms with Crippen molar-refractivity contribution in [1.29, 1.82) is 0 Å². The number of aromatic hydroxyl groups is 2. The fraction of sp³-hybridized carbons (Fsp3) is 0.176. The minimum Gasteiger partial charge on any atom is -0.504 e. The first-order chi connectivity index (χ1) is 13.1. The lowest BCUT2D eigenvalue weighted by atomic mass is 10.0. The standard InChI is InChI=1S/C17H15ClN2O6S2/c1-8-5-11(21)12(22)6-10(8)7-13(23)16-14(3-4-27-16)28(24,25)20-17-15(18)9(2)19-26-17/h3-6,20-22H,7H2,1-2H3. The second-order valence-corrected chi connectivity index (χ2v) is 8.94. The van der Waals surface area contributed by atoms with Gasteiger partial charge >= 0.3 is 0 Å². The zero-order chi connectivity index (χ0) is 20.6. The largest absolute Gasteiger partial charge is 0.504 e. The Bertz CT molecular complexity index is 1170. The zero-order valence-electron chi connectivity index (χ0n) is 14.7. The number of hydrogen-bond donors (Lipinski definition) is 3. The van der Waals surface area contributed by atoms with Crippen molar-refractivity contribution in [3.8, 4) is 11.5 Å². The normalized spacial score (nSPS) is 11.5. The molecule has 0 saturated carbocycles. The third kappa shape index (κ3) is 3.84. The van der Waals surface area contributed by atoms with Crippen LogP contribution in [0.3, 0.4) is 0 Å². The van der Waals surface area contributed by atoms with Crippen LogP contribution in [0, 0.1) is 13.8 Å². The summed E-state index contributed by atoms with van der Waals surface area (Å²) in [7, 11) is -4.14. The van der Waals surface area contributed by atoms with Gasteiger partial charge in [0.2, 0.25) is 0 Å². The number of ketones is 1. The number of carbonyl (C=O) groups is 1. The number of benzene rings is 1. The highest BCUT2D eigenvalue weighted by atomic mass is 35.5. The van der Waals surface area contributed by atoms with Crippen LogP contribution in [0.15, 0.2) is 33.0 Å². The topological polar surface area (TPSA) is 130 Å². The van der Waals surface area contributed by atoms with Gasteiger partial charge in [0.25, 0.3) is 15.9 Å². The van der Waals surface area contributed by atoms with E-state index < -0.39 is 15.8 Å². The molecule has 0 radical (unpaired) electrons. The molecule has 1 aromatic carbocycles. The number of anilines is 1. The van der Waals surface area contributed by atoms with Gasteiger partial charge in [-0.15, -0.1) is 11.3 Å². The van der Waals surface area contributed by atoms with Crippen LogP contribution >= 0.6 is 22.9 Å². The van der Waals surface area contributed by atoms with Gasteiger partial charge in [0.05, 0.1) is 4.88 Å². The smallest absolute Gasteiger partial charge is 0.265 e. The summed E-state index contributed by atoms with van der Waals surface area (Å²) >= 11 is 6.92. The average molecular weight is 443 g/mol. The number of aryl methyl sites for hydroxylation is 2. The van der Waals surface area contributed by atoms with E-state index in [1.807, 2.05) is 0 Å². The number of thiophene rings is 1. The first-order valence-electron chi connectivity index (χ1n) is 7.87. The highest BCUT2D eigenvalue weighted by molar-refractivity contribution is 7.93. The molecule has 0 saturated heterocycles. The van der Waals surface area contributed by atoms with Gasteiger partial charge in [-0.05, 0) is 48.6 Å². The van der Waals surface area contributed by atoms with Crippen LogP contribution in [-0.4, -0.2) is 29.6 Å². The summed E-state index contributed by atoms with van der Waals surface area (Å²) in [6.45, 7) is 3.22. The van der Waals surface area contributed by atoms with E-state index in [9.17, 15) is 23.4 Å². The van der Waals surface area contributed by atoms with Gasteiger partial charge in [-0.2, -0.15) is 0 Å². The summed E-state index contributed by atoms with van der Waals surface area (Å²) < 4.78 is 32.4. The minimum atomic E-state index is -4.14. The number of phenolic OH excluding ortho intramolecular Hbond substituents is 2. The molecule has 0 aliphatic heterocycles. The lowest BCUT2D eigenvalue weighted by Crippen LogP contribution is -2.16. The van der Waals surface area contributed by atoms with E-state index in [1.54, 1.807) is 13.8 Å². The molecular formula is C17H15ClN2O6S2. The molecule has 2 aromatic heterocycles. The Morgan fingerprint density at radius 3 is 2.61 bits per heavy atom. The molecular weight excluding hydrogens is 428 g/mol. The van der Waals surface area contributed by atoms with Crippen molar-refractivity contribution in [1.82, 2.24) is 5.16 Å². The SMILES string of the molecule is Cc1cc(O)c(O)cc1CC(=O)c1sccc1S(=O)(=O)Nc1onc(C)c1Cl. The number of halogens is 1. The van der Waals surface area contributed by atoms with Crippen molar-refractivity contribution in [3.63, 3.8) is 0 Å². The van der Waals surface area contributed by atoms with Gasteiger partial charge < -0.3 is 14.7 Å². The quantitative estimate of drug-likeness (QED) is 0.392. The molecule has 0 spiro atoms. The van der Waals surface area contributed by atoms with Gasteiger partial charge in [-0.3, -0.25) is 4.79 Å². The Morgan fingerprint density at radius 2 is 1.96 bits per heavy atom. The van der Waals surface area contributed by atoms with Crippen molar-refractivity contribution in [2.75, 3.05) is 4.72 Å². The van der Waals surface area contributed by atoms with Gasteiger partial charge in [-0.25, -0.2) is 13.1 Å². The molecule has 0 unspecified atom stereocenters. The number of nitrogens with zero attached hydrogens (tertiary/aromatic N) is 1. The number of hydrogen-bond acceptors (Lipinski definition) is 8. The van der Waals surface area contributed by atoms with Crippen molar-refractivity contribution in [3.05, 3.63) is 50.3 Å². The van der Waals surface area contributed by atoms with Gasteiger partial charge in [0.1, 0.15) is 15.6 Å². The lowest BCUT2D eigenvalue weighted by Gasteiger charge is -2.09. The Morgan fingerprint density at radius 1 is 1.29 bits per heavy atom. The third-order valence-corrected chi connectivity index (χ3v) is 6.88. The molecule has 0 fully saturated rings. The summed E-state index contributed by atoms with van der Waals surface area (Å²) in [5.41, 5.74) is 1.38. The van der Waals surface area contributed by atoms with E-state index in [0.717, 1.165) is 11.3 Å². The van der Waals surface area contributed by atoms with Crippen LogP contribution < -0.4 is 4.72 Å². The van der Waals surface area contributed by atoms with Gasteiger partial charge in [0, 0.05) is 6.42 Å². The minimum absolute atomic E-state index is 0.0202. The summed E-state index contributed by atoms with van der Waals surface area (Å²) in [6, 6.07) is 3.91. The fourth-order valence-corrected chi connectivity index (χ4v) is 5.04. The Kier molecular flexibility index (Phi) is 5.37. The van der Waals surface area contributed by atoms with Crippen LogP contribution in [0.4, 0.5) is 5.88 Å². The van der Waals surface area contributed by atoms with Crippen LogP contribution in [0.2, 0.25) is 5.02 Å². The predicted molar refractivity (Wildman–Crippen MR) is 104 cm³/mol. The molecule has 3 aromatic rings. The van der Waals surface area contributed by atoms with E-state index >= 15 is 0 Å². The number of phenols is 2. The molecule has 0 aliphatic carbocycles. The van der Waals surface area contributed by atoms with Crippen LogP contribution in [-0.2, 0) is 16.4 Å². The maximum Gasteiger partial charge on any atom is 0.265 e. The summed E-state index contributed by atoms with van der Waals surface area (Å²) in [5, 5.41) is 24.3. The summed E-state index contributed by atoms with van der Waals surface area (Å²) in [4.78, 5) is 12.5. The van der Waals surface area contributed by atoms with Gasteiger partial charge in [-0.1, -0.05) is 16.8 Å². The van der Waals surface area contributed by atoms with Crippen LogP contribution in [0.1, 0.15) is 26.5 Å². The second kappa shape index (κ2) is 7.46. The molecule has 28 heavy (non-hydrogen) atoms. The van der Waals surface area contributed by atoms with Crippen molar-refractivity contribution in [2.45, 2.75) is 25.2 Å². The number of rotatable bonds is 6. The zero-order valence-corrected chi connectivity index (χ0v) is 17.1. The molecule has 0 aliphatic rings. The molecule has 0 amide bonds. The molecule has 8 nitrogen and oxygen atoms in total. The third-order valence-electron chi connectivity index (χ3n) is 3.97. The summed E-state index contributed by atoms with van der Waals surface area (Å²) in [6.07, 6.45) is -0.148. The number of carbonyl (C=O) groups excluding carboxylic acids is 1. The number of aromatic nitrogens is 1. The Hall–Kier alpha value is -2.56. The van der Waals surface area contributed by atoms with Crippen LogP contribution in [0.25, 0.3) is 0 Å². The van der Waals surface area contributed by atoms with Crippen LogP contribution in [0.5, 0.6) is 11.5 Å².